The number of nitrogen functional groups attached to an aromatic ring is 1. The number of carbonyl (C=O) groups is 1. The highest BCUT2D eigenvalue weighted by Crippen LogP contribution is 2.24. The van der Waals surface area contributed by atoms with E-state index >= 15 is 0 Å². The van der Waals surface area contributed by atoms with Gasteiger partial charge in [0.1, 0.15) is 23.0 Å². The van der Waals surface area contributed by atoms with Crippen LogP contribution in [0, 0.1) is 22.7 Å². The second-order valence-electron chi connectivity index (χ2n) is 3.17. The molecule has 0 aliphatic rings. The molecule has 0 aliphatic carbocycles. The topological polar surface area (TPSA) is 113 Å². The van der Waals surface area contributed by atoms with Crippen molar-refractivity contribution < 1.29 is 9.53 Å². The standard InChI is InChI=1S/C11H10N4O2S/c1-17-9(16)2-3-18-11-8(6-13)4-7(5-12)10(14)15-11/h4H,2-3H2,1H3,(H2,14,15). The minimum atomic E-state index is -0.331. The molecule has 1 heterocycles. The third-order valence-corrected chi connectivity index (χ3v) is 3.02. The molecule has 6 nitrogen and oxygen atoms in total. The molecule has 0 aromatic carbocycles. The third-order valence-electron chi connectivity index (χ3n) is 2.03. The number of rotatable bonds is 4. The number of methoxy groups -OCH3 is 1. The van der Waals surface area contributed by atoms with Crippen molar-refractivity contribution in [2.24, 2.45) is 0 Å². The fraction of sp³-hybridized carbons (Fsp3) is 0.273. The number of nitrogens with zero attached hydrogens (tertiary/aromatic N) is 3. The van der Waals surface area contributed by atoms with Gasteiger partial charge in [-0.2, -0.15) is 10.5 Å². The first-order chi connectivity index (χ1) is 8.62. The summed E-state index contributed by atoms with van der Waals surface area (Å²) in [5.41, 5.74) is 6.01. The van der Waals surface area contributed by atoms with E-state index in [0.717, 1.165) is 0 Å². The molecule has 0 atom stereocenters. The fourth-order valence-corrected chi connectivity index (χ4v) is 2.01. The van der Waals surface area contributed by atoms with Crippen LogP contribution >= 0.6 is 11.8 Å². The van der Waals surface area contributed by atoms with Gasteiger partial charge in [-0.3, -0.25) is 4.79 Å². The molecular formula is C11H10N4O2S. The van der Waals surface area contributed by atoms with E-state index in [1.807, 2.05) is 12.1 Å². The zero-order valence-electron chi connectivity index (χ0n) is 9.64. The molecule has 1 aromatic heterocycles. The number of hydrogen-bond donors (Lipinski definition) is 1. The van der Waals surface area contributed by atoms with E-state index in [0.29, 0.717) is 10.8 Å². The lowest BCUT2D eigenvalue weighted by Crippen LogP contribution is -2.03. The average molecular weight is 262 g/mol. The normalized spacial score (nSPS) is 9.28. The van der Waals surface area contributed by atoms with E-state index in [1.165, 1.54) is 24.9 Å². The number of carbonyl (C=O) groups excluding carboxylic acids is 1. The molecule has 0 unspecified atom stereocenters. The van der Waals surface area contributed by atoms with Crippen LogP contribution in [0.15, 0.2) is 11.1 Å². The summed E-state index contributed by atoms with van der Waals surface area (Å²) in [7, 11) is 1.31. The molecule has 1 aromatic rings. The Labute approximate surface area is 108 Å². The second-order valence-corrected chi connectivity index (χ2v) is 4.26. The van der Waals surface area contributed by atoms with Crippen molar-refractivity contribution in [1.29, 1.82) is 10.5 Å². The van der Waals surface area contributed by atoms with Crippen LogP contribution in [0.2, 0.25) is 0 Å². The smallest absolute Gasteiger partial charge is 0.306 e. The van der Waals surface area contributed by atoms with Crippen LogP contribution in [0.25, 0.3) is 0 Å². The van der Waals surface area contributed by atoms with E-state index < -0.39 is 0 Å². The van der Waals surface area contributed by atoms with Crippen LogP contribution in [0.1, 0.15) is 17.5 Å². The van der Waals surface area contributed by atoms with Gasteiger partial charge >= 0.3 is 5.97 Å². The summed E-state index contributed by atoms with van der Waals surface area (Å²) in [5.74, 6) is 0.180. The summed E-state index contributed by atoms with van der Waals surface area (Å²) in [6, 6.07) is 5.19. The number of anilines is 1. The average Bonchev–Trinajstić information content (AvgIpc) is 2.38. The first kappa shape index (κ1) is 13.8. The largest absolute Gasteiger partial charge is 0.469 e. The lowest BCUT2D eigenvalue weighted by atomic mass is 10.2. The zero-order chi connectivity index (χ0) is 13.5. The van der Waals surface area contributed by atoms with Gasteiger partial charge in [0.25, 0.3) is 0 Å². The Bertz CT molecular complexity index is 545. The van der Waals surface area contributed by atoms with Crippen molar-refractivity contribution in [2.75, 3.05) is 18.6 Å². The molecule has 0 amide bonds. The van der Waals surface area contributed by atoms with Gasteiger partial charge in [0.15, 0.2) is 0 Å². The summed E-state index contributed by atoms with van der Waals surface area (Å²) in [6.07, 6.45) is 0.216. The Morgan fingerprint density at radius 2 is 2.17 bits per heavy atom. The number of nitrogens with two attached hydrogens (primary N) is 1. The maximum absolute atomic E-state index is 10.9. The fourth-order valence-electron chi connectivity index (χ4n) is 1.12. The summed E-state index contributed by atoms with van der Waals surface area (Å²) in [4.78, 5) is 14.9. The molecule has 2 N–H and O–H groups in total. The van der Waals surface area contributed by atoms with Crippen molar-refractivity contribution in [3.63, 3.8) is 0 Å². The molecular weight excluding hydrogens is 252 g/mol. The van der Waals surface area contributed by atoms with Crippen molar-refractivity contribution in [2.45, 2.75) is 11.4 Å². The molecule has 0 aliphatic heterocycles. The van der Waals surface area contributed by atoms with E-state index in [-0.39, 0.29) is 29.3 Å². The lowest BCUT2D eigenvalue weighted by Gasteiger charge is -2.05. The highest BCUT2D eigenvalue weighted by Gasteiger charge is 2.11. The molecule has 0 fully saturated rings. The SMILES string of the molecule is COC(=O)CCSc1nc(N)c(C#N)cc1C#N. The molecule has 0 radical (unpaired) electrons. The van der Waals surface area contributed by atoms with Gasteiger partial charge in [-0.1, -0.05) is 0 Å². The van der Waals surface area contributed by atoms with Gasteiger partial charge in [0.05, 0.1) is 24.7 Å². The van der Waals surface area contributed by atoms with Crippen molar-refractivity contribution >= 4 is 23.5 Å². The van der Waals surface area contributed by atoms with Gasteiger partial charge < -0.3 is 10.5 Å². The lowest BCUT2D eigenvalue weighted by molar-refractivity contribution is -0.140. The van der Waals surface area contributed by atoms with Gasteiger partial charge in [-0.25, -0.2) is 4.98 Å². The Kier molecular flexibility index (Phi) is 4.97. The van der Waals surface area contributed by atoms with Crippen molar-refractivity contribution in [3.05, 3.63) is 17.2 Å². The van der Waals surface area contributed by atoms with E-state index in [4.69, 9.17) is 16.3 Å². The van der Waals surface area contributed by atoms with Crippen LogP contribution in [-0.2, 0) is 9.53 Å². The Morgan fingerprint density at radius 1 is 1.50 bits per heavy atom. The van der Waals surface area contributed by atoms with Crippen molar-refractivity contribution in [3.8, 4) is 12.1 Å². The zero-order valence-corrected chi connectivity index (χ0v) is 10.5. The number of ether oxygens (including phenoxy) is 1. The van der Waals surface area contributed by atoms with Crippen molar-refractivity contribution in [1.82, 2.24) is 4.98 Å². The van der Waals surface area contributed by atoms with Gasteiger partial charge in [0.2, 0.25) is 0 Å². The van der Waals surface area contributed by atoms with E-state index in [9.17, 15) is 4.79 Å². The predicted octanol–water partition coefficient (Wildman–Crippen LogP) is 1.06. The molecule has 0 saturated carbocycles. The number of thioether (sulfide) groups is 1. The maximum atomic E-state index is 10.9. The minimum Gasteiger partial charge on any atom is -0.469 e. The number of pyridine rings is 1. The van der Waals surface area contributed by atoms with Gasteiger partial charge in [-0.15, -0.1) is 11.8 Å². The Hall–Kier alpha value is -2.25. The number of aromatic nitrogens is 1. The Morgan fingerprint density at radius 3 is 2.72 bits per heavy atom. The van der Waals surface area contributed by atoms with Crippen LogP contribution in [0.5, 0.6) is 0 Å². The molecule has 0 saturated heterocycles. The third kappa shape index (κ3) is 3.37. The second kappa shape index (κ2) is 6.48. The van der Waals surface area contributed by atoms with Gasteiger partial charge in [0, 0.05) is 5.75 Å². The highest BCUT2D eigenvalue weighted by molar-refractivity contribution is 7.99. The molecule has 7 heteroatoms. The van der Waals surface area contributed by atoms with Gasteiger partial charge in [-0.05, 0) is 6.07 Å². The minimum absolute atomic E-state index is 0.0806. The summed E-state index contributed by atoms with van der Waals surface area (Å²) < 4.78 is 4.50. The monoisotopic (exact) mass is 262 g/mol. The Balaban J connectivity index is 2.84. The number of esters is 1. The molecule has 0 bridgehead atoms. The van der Waals surface area contributed by atoms with Crippen LogP contribution in [-0.4, -0.2) is 23.8 Å². The quantitative estimate of drug-likeness (QED) is 0.637. The first-order valence-corrected chi connectivity index (χ1v) is 5.91. The molecule has 92 valence electrons. The predicted molar refractivity (Wildman–Crippen MR) is 65.4 cm³/mol. The van der Waals surface area contributed by atoms with E-state index in [1.54, 1.807) is 0 Å². The first-order valence-electron chi connectivity index (χ1n) is 4.92. The van der Waals surface area contributed by atoms with Crippen LogP contribution in [0.3, 0.4) is 0 Å². The van der Waals surface area contributed by atoms with E-state index in [2.05, 4.69) is 9.72 Å². The van der Waals surface area contributed by atoms with Crippen LogP contribution < -0.4 is 5.73 Å². The molecule has 18 heavy (non-hydrogen) atoms. The number of nitriles is 2. The maximum Gasteiger partial charge on any atom is 0.306 e. The summed E-state index contributed by atoms with van der Waals surface area (Å²) in [5, 5.41) is 18.1. The summed E-state index contributed by atoms with van der Waals surface area (Å²) in [6.45, 7) is 0. The summed E-state index contributed by atoms with van der Waals surface area (Å²) >= 11 is 1.22. The van der Waals surface area contributed by atoms with Crippen LogP contribution in [0.4, 0.5) is 5.82 Å². The molecule has 0 spiro atoms. The number of hydrogen-bond acceptors (Lipinski definition) is 7. The highest BCUT2D eigenvalue weighted by atomic mass is 32.2. The molecule has 1 rings (SSSR count).